The molecule has 0 aliphatic heterocycles. The van der Waals surface area contributed by atoms with Crippen LogP contribution in [0.15, 0.2) is 0 Å². The van der Waals surface area contributed by atoms with Crippen molar-refractivity contribution in [1.82, 2.24) is 19.6 Å². The molecular weight excluding hydrogens is 1000 g/mol. The van der Waals surface area contributed by atoms with E-state index in [0.29, 0.717) is 71.3 Å². The Morgan fingerprint density at radius 2 is 0.588 bits per heavy atom. The second kappa shape index (κ2) is 58.5. The Morgan fingerprint density at radius 1 is 0.325 bits per heavy atom. The van der Waals surface area contributed by atoms with Crippen LogP contribution in [-0.2, 0) is 38.1 Å². The number of likely N-dealkylation sites (N-methyl/N-ethyl adjacent to an activating group) is 1. The Balaban J connectivity index is 2.70. The van der Waals surface area contributed by atoms with Crippen LogP contribution in [0.4, 0.5) is 0 Å². The third kappa shape index (κ3) is 50.3. The Kier molecular flexibility index (Phi) is 55.4. The van der Waals surface area contributed by atoms with Crippen molar-refractivity contribution >= 4 is 23.9 Å². The summed E-state index contributed by atoms with van der Waals surface area (Å²) in [6, 6.07) is 0.512. The number of carbonyl (C=O) groups excluding carboxylic acids is 4. The predicted molar refractivity (Wildman–Crippen MR) is 335 cm³/mol. The van der Waals surface area contributed by atoms with Crippen LogP contribution in [0.5, 0.6) is 0 Å². The first-order chi connectivity index (χ1) is 39.2. The Morgan fingerprint density at radius 3 is 0.900 bits per heavy atom. The van der Waals surface area contributed by atoms with Gasteiger partial charge < -0.3 is 33.6 Å². The van der Waals surface area contributed by atoms with Crippen molar-refractivity contribution < 1.29 is 38.1 Å². The number of hydrogen-bond donors (Lipinski definition) is 0. The summed E-state index contributed by atoms with van der Waals surface area (Å²) in [5.41, 5.74) is 0. The van der Waals surface area contributed by atoms with E-state index in [4.69, 9.17) is 18.9 Å². The van der Waals surface area contributed by atoms with E-state index in [1.54, 1.807) is 0 Å². The topological polar surface area (TPSA) is 118 Å². The molecule has 0 saturated heterocycles. The zero-order valence-corrected chi connectivity index (χ0v) is 53.6. The highest BCUT2D eigenvalue weighted by molar-refractivity contribution is 5.70. The van der Waals surface area contributed by atoms with Gasteiger partial charge in [0.15, 0.2) is 0 Å². The van der Waals surface area contributed by atoms with E-state index in [9.17, 15) is 19.2 Å². The van der Waals surface area contributed by atoms with Crippen LogP contribution >= 0.6 is 0 Å². The van der Waals surface area contributed by atoms with Crippen molar-refractivity contribution in [2.75, 3.05) is 99.4 Å². The van der Waals surface area contributed by atoms with Crippen LogP contribution in [0.2, 0.25) is 0 Å². The maximum Gasteiger partial charge on any atom is 0.307 e. The first kappa shape index (κ1) is 75.7. The smallest absolute Gasteiger partial charge is 0.307 e. The minimum atomic E-state index is -0.242. The number of carbonyl (C=O) groups is 4. The van der Waals surface area contributed by atoms with E-state index < -0.39 is 0 Å². The molecule has 1 fully saturated rings. The summed E-state index contributed by atoms with van der Waals surface area (Å²) in [6.07, 6.45) is 53.3. The van der Waals surface area contributed by atoms with Gasteiger partial charge in [0.05, 0.1) is 52.6 Å². The molecule has 1 aliphatic carbocycles. The molecule has 1 rings (SSSR count). The number of hydrogen-bond acceptors (Lipinski definition) is 12. The van der Waals surface area contributed by atoms with Crippen molar-refractivity contribution in [2.24, 2.45) is 0 Å². The molecule has 0 aromatic carbocycles. The Bertz CT molecular complexity index is 1340. The summed E-state index contributed by atoms with van der Waals surface area (Å²) < 4.78 is 22.1. The molecule has 1 saturated carbocycles. The summed E-state index contributed by atoms with van der Waals surface area (Å²) in [4.78, 5) is 60.7. The van der Waals surface area contributed by atoms with Gasteiger partial charge in [0.1, 0.15) is 0 Å². The van der Waals surface area contributed by atoms with Crippen LogP contribution < -0.4 is 0 Å². The van der Waals surface area contributed by atoms with Crippen molar-refractivity contribution in [3.63, 3.8) is 0 Å². The molecule has 1 aliphatic rings. The standard InChI is InChI=1S/C68H132N4O8/c1-6-9-12-15-18-21-24-27-30-33-36-42-61-78-66(74)48-52-70(51-47-65(73)77-5)57-55-69(4)56-59-72(64-45-40-39-41-46-64)60-58-71(53-49-67(75)79-62-43-37-34-31-28-25-22-19-16-13-10-7-2)54-50-68(76)80-63-44-38-35-32-29-26-23-20-17-14-11-8-3/h64H,6-63H2,1-5H3. The lowest BCUT2D eigenvalue weighted by molar-refractivity contribution is -0.145. The fraction of sp³-hybridized carbons (Fsp3) is 0.941. The van der Waals surface area contributed by atoms with Gasteiger partial charge in [-0.1, -0.05) is 252 Å². The lowest BCUT2D eigenvalue weighted by atomic mass is 9.94. The zero-order chi connectivity index (χ0) is 58.0. The molecule has 80 heavy (non-hydrogen) atoms. The second-order valence-corrected chi connectivity index (χ2v) is 24.2. The van der Waals surface area contributed by atoms with Crippen LogP contribution in [0.1, 0.15) is 310 Å². The fourth-order valence-corrected chi connectivity index (χ4v) is 11.3. The van der Waals surface area contributed by atoms with Gasteiger partial charge in [-0.2, -0.15) is 0 Å². The van der Waals surface area contributed by atoms with E-state index in [-0.39, 0.29) is 30.3 Å². The molecular formula is C68H132N4O8. The summed E-state index contributed by atoms with van der Waals surface area (Å²) in [5, 5.41) is 0. The van der Waals surface area contributed by atoms with Crippen LogP contribution in [-0.4, -0.2) is 149 Å². The quantitative estimate of drug-likeness (QED) is 0.0328. The molecule has 0 aromatic heterocycles. The van der Waals surface area contributed by atoms with Gasteiger partial charge in [-0.25, -0.2) is 0 Å². The molecule has 0 unspecified atom stereocenters. The average Bonchev–Trinajstić information content (AvgIpc) is 3.46. The molecule has 0 N–H and O–H groups in total. The van der Waals surface area contributed by atoms with E-state index in [2.05, 4.69) is 47.4 Å². The number of nitrogens with zero attached hydrogens (tertiary/aromatic N) is 4. The maximum absolute atomic E-state index is 13.1. The fourth-order valence-electron chi connectivity index (χ4n) is 11.3. The predicted octanol–water partition coefficient (Wildman–Crippen LogP) is 16.6. The molecule has 0 radical (unpaired) electrons. The van der Waals surface area contributed by atoms with E-state index in [1.807, 2.05) is 0 Å². The summed E-state index contributed by atoms with van der Waals surface area (Å²) in [6.45, 7) is 15.5. The van der Waals surface area contributed by atoms with Crippen LogP contribution in [0.25, 0.3) is 0 Å². The van der Waals surface area contributed by atoms with Crippen molar-refractivity contribution in [3.05, 3.63) is 0 Å². The van der Waals surface area contributed by atoms with E-state index in [1.165, 1.54) is 232 Å². The first-order valence-electron chi connectivity index (χ1n) is 34.6. The van der Waals surface area contributed by atoms with Gasteiger partial charge in [0.25, 0.3) is 0 Å². The number of rotatable bonds is 61. The largest absolute Gasteiger partial charge is 0.469 e. The molecule has 12 heteroatoms. The Hall–Kier alpha value is -2.28. The summed E-state index contributed by atoms with van der Waals surface area (Å²) in [5.74, 6) is -0.704. The monoisotopic (exact) mass is 1130 g/mol. The normalized spacial score (nSPS) is 13.1. The Labute approximate surface area is 494 Å². The lowest BCUT2D eigenvalue weighted by Gasteiger charge is -2.37. The van der Waals surface area contributed by atoms with Crippen LogP contribution in [0.3, 0.4) is 0 Å². The van der Waals surface area contributed by atoms with Gasteiger partial charge in [0, 0.05) is 71.5 Å². The summed E-state index contributed by atoms with van der Waals surface area (Å²) in [7, 11) is 3.59. The third-order valence-electron chi connectivity index (χ3n) is 16.9. The summed E-state index contributed by atoms with van der Waals surface area (Å²) >= 11 is 0. The highest BCUT2D eigenvalue weighted by Crippen LogP contribution is 2.23. The molecule has 12 nitrogen and oxygen atoms in total. The third-order valence-corrected chi connectivity index (χ3v) is 16.9. The second-order valence-electron chi connectivity index (χ2n) is 24.2. The molecule has 472 valence electrons. The highest BCUT2D eigenvalue weighted by Gasteiger charge is 2.23. The molecule has 0 amide bonds. The van der Waals surface area contributed by atoms with Crippen molar-refractivity contribution in [1.29, 1.82) is 0 Å². The van der Waals surface area contributed by atoms with Crippen molar-refractivity contribution in [3.8, 4) is 0 Å². The molecule has 0 spiro atoms. The molecule has 0 heterocycles. The van der Waals surface area contributed by atoms with Crippen LogP contribution in [0, 0.1) is 0 Å². The van der Waals surface area contributed by atoms with Gasteiger partial charge in [-0.05, 0) is 39.2 Å². The molecule has 0 aromatic rings. The average molecular weight is 1130 g/mol. The number of methoxy groups -OCH3 is 1. The van der Waals surface area contributed by atoms with Gasteiger partial charge in [0.2, 0.25) is 0 Å². The highest BCUT2D eigenvalue weighted by atomic mass is 16.5. The number of unbranched alkanes of at least 4 members (excludes halogenated alkanes) is 33. The van der Waals surface area contributed by atoms with Gasteiger partial charge in [-0.15, -0.1) is 0 Å². The number of ether oxygens (including phenoxy) is 4. The van der Waals surface area contributed by atoms with Gasteiger partial charge in [-0.3, -0.25) is 24.1 Å². The minimum absolute atomic E-state index is 0.147. The van der Waals surface area contributed by atoms with E-state index in [0.717, 1.165) is 77.8 Å². The lowest BCUT2D eigenvalue weighted by Crippen LogP contribution is -2.46. The minimum Gasteiger partial charge on any atom is -0.469 e. The SMILES string of the molecule is CCCCCCCCCCCCCCOC(=O)CCN(CCC(=O)OC)CCN(C)CCN(CCN(CCC(=O)OCCCCCCCCCCCCCC)CCC(=O)OCCCCCCCCCCCCCC)C1CCCCC1. The van der Waals surface area contributed by atoms with Crippen molar-refractivity contribution in [2.45, 2.75) is 316 Å². The maximum atomic E-state index is 13.1. The molecule has 0 atom stereocenters. The molecule has 0 bridgehead atoms. The number of esters is 4. The van der Waals surface area contributed by atoms with E-state index >= 15 is 0 Å². The van der Waals surface area contributed by atoms with Gasteiger partial charge >= 0.3 is 23.9 Å². The first-order valence-corrected chi connectivity index (χ1v) is 34.6. The zero-order valence-electron chi connectivity index (χ0n) is 53.6.